The van der Waals surface area contributed by atoms with E-state index in [1.165, 1.54) is 12.8 Å². The maximum atomic E-state index is 12.8. The lowest BCUT2D eigenvalue weighted by atomic mass is 9.97. The number of hydrogen-bond donors (Lipinski definition) is 2. The first kappa shape index (κ1) is 16.1. The van der Waals surface area contributed by atoms with Gasteiger partial charge in [0, 0.05) is 54.3 Å². The molecule has 5 nitrogen and oxygen atoms in total. The first-order valence-electron chi connectivity index (χ1n) is 8.92. The average molecular weight is 337 g/mol. The molecular formula is C20H23N3O2. The van der Waals surface area contributed by atoms with Gasteiger partial charge in [-0.15, -0.1) is 0 Å². The first-order chi connectivity index (χ1) is 12.1. The van der Waals surface area contributed by atoms with Crippen molar-refractivity contribution >= 4 is 11.7 Å². The molecule has 25 heavy (non-hydrogen) atoms. The summed E-state index contributed by atoms with van der Waals surface area (Å²) in [6.07, 6.45) is 7.91. The number of nitrogens with one attached hydrogen (secondary N) is 2. The molecule has 2 bridgehead atoms. The molecule has 2 aromatic rings. The summed E-state index contributed by atoms with van der Waals surface area (Å²) < 4.78 is 0. The highest BCUT2D eigenvalue weighted by Gasteiger charge is 2.36. The van der Waals surface area contributed by atoms with Gasteiger partial charge in [-0.25, -0.2) is 0 Å². The Morgan fingerprint density at radius 2 is 1.60 bits per heavy atom. The van der Waals surface area contributed by atoms with Gasteiger partial charge in [0.25, 0.3) is 5.91 Å². The fourth-order valence-electron chi connectivity index (χ4n) is 4.11. The van der Waals surface area contributed by atoms with E-state index < -0.39 is 0 Å². The number of aromatic nitrogens is 1. The fraction of sp³-hybridized carbons (Fsp3) is 0.400. The number of piperidine rings is 1. The molecule has 1 aromatic heterocycles. The number of fused-ring (bicyclic) bond motifs is 2. The molecule has 2 aliphatic rings. The molecule has 2 saturated heterocycles. The average Bonchev–Trinajstić information content (AvgIpc) is 3.29. The number of amides is 1. The quantitative estimate of drug-likeness (QED) is 0.843. The van der Waals surface area contributed by atoms with Gasteiger partial charge in [0.15, 0.2) is 5.78 Å². The molecule has 5 heteroatoms. The summed E-state index contributed by atoms with van der Waals surface area (Å²) in [6.45, 7) is 0. The second-order valence-electron chi connectivity index (χ2n) is 7.19. The van der Waals surface area contributed by atoms with E-state index in [-0.39, 0.29) is 11.7 Å². The third kappa shape index (κ3) is 3.12. The Labute approximate surface area is 147 Å². The summed E-state index contributed by atoms with van der Waals surface area (Å²) in [5.41, 5.74) is 1.86. The van der Waals surface area contributed by atoms with Crippen molar-refractivity contribution in [2.75, 3.05) is 7.05 Å². The van der Waals surface area contributed by atoms with Crippen molar-refractivity contribution in [1.82, 2.24) is 15.2 Å². The number of ketones is 1. The van der Waals surface area contributed by atoms with Gasteiger partial charge in [0.1, 0.15) is 0 Å². The monoisotopic (exact) mass is 337 g/mol. The predicted molar refractivity (Wildman–Crippen MR) is 95.7 cm³/mol. The third-order valence-electron chi connectivity index (χ3n) is 5.57. The van der Waals surface area contributed by atoms with Gasteiger partial charge in [-0.05, 0) is 43.9 Å². The van der Waals surface area contributed by atoms with Crippen molar-refractivity contribution in [1.29, 1.82) is 0 Å². The Hall–Kier alpha value is -2.40. The van der Waals surface area contributed by atoms with Crippen LogP contribution in [0.2, 0.25) is 0 Å². The summed E-state index contributed by atoms with van der Waals surface area (Å²) in [7, 11) is 1.90. The van der Waals surface area contributed by atoms with Crippen molar-refractivity contribution in [3.8, 4) is 0 Å². The fourth-order valence-corrected chi connectivity index (χ4v) is 4.11. The van der Waals surface area contributed by atoms with E-state index in [1.54, 1.807) is 42.7 Å². The molecule has 4 rings (SSSR count). The second kappa shape index (κ2) is 6.48. The normalized spacial score (nSPS) is 24.9. The minimum atomic E-state index is -0.0384. The molecule has 130 valence electrons. The van der Waals surface area contributed by atoms with Crippen LogP contribution >= 0.6 is 0 Å². The molecule has 2 unspecified atom stereocenters. The minimum Gasteiger partial charge on any atom is -0.367 e. The number of carbonyl (C=O) groups is 2. The highest BCUT2D eigenvalue weighted by Crippen LogP contribution is 2.29. The maximum Gasteiger partial charge on any atom is 0.253 e. The number of carbonyl (C=O) groups excluding carboxylic acids is 2. The summed E-state index contributed by atoms with van der Waals surface area (Å²) in [6, 6.07) is 10.2. The Bertz CT molecular complexity index is 755. The van der Waals surface area contributed by atoms with E-state index in [0.29, 0.717) is 34.8 Å². The zero-order chi connectivity index (χ0) is 17.4. The van der Waals surface area contributed by atoms with Crippen LogP contribution in [-0.2, 0) is 0 Å². The number of rotatable bonds is 4. The van der Waals surface area contributed by atoms with Crippen LogP contribution in [0.15, 0.2) is 42.7 Å². The number of benzene rings is 1. The van der Waals surface area contributed by atoms with E-state index >= 15 is 0 Å². The van der Waals surface area contributed by atoms with Crippen LogP contribution in [0.1, 0.15) is 52.0 Å². The lowest BCUT2D eigenvalue weighted by molar-refractivity contribution is 0.0681. The molecule has 0 radical (unpaired) electrons. The highest BCUT2D eigenvalue weighted by atomic mass is 16.2. The van der Waals surface area contributed by atoms with Crippen LogP contribution in [0.25, 0.3) is 0 Å². The van der Waals surface area contributed by atoms with Gasteiger partial charge in [-0.3, -0.25) is 9.59 Å². The van der Waals surface area contributed by atoms with Gasteiger partial charge in [0.05, 0.1) is 0 Å². The van der Waals surface area contributed by atoms with Crippen LogP contribution in [-0.4, -0.2) is 46.7 Å². The minimum absolute atomic E-state index is 0.0342. The standard InChI is InChI=1S/C20H23N3O2/c1-23(18-10-16-6-7-17(11-18)22-16)20(25)14-4-2-13(3-5-14)19(24)15-8-9-21-12-15/h2-5,8-9,12,16-18,21-22H,6-7,10-11H2,1H3. The maximum absolute atomic E-state index is 12.8. The van der Waals surface area contributed by atoms with Crippen LogP contribution in [0.3, 0.4) is 0 Å². The molecule has 1 aromatic carbocycles. The molecule has 2 N–H and O–H groups in total. The number of nitrogens with zero attached hydrogens (tertiary/aromatic N) is 1. The smallest absolute Gasteiger partial charge is 0.253 e. The summed E-state index contributed by atoms with van der Waals surface area (Å²) in [5, 5.41) is 3.61. The summed E-state index contributed by atoms with van der Waals surface area (Å²) >= 11 is 0. The van der Waals surface area contributed by atoms with E-state index in [1.807, 2.05) is 11.9 Å². The second-order valence-corrected chi connectivity index (χ2v) is 7.19. The molecule has 2 fully saturated rings. The molecular weight excluding hydrogens is 314 g/mol. The SMILES string of the molecule is CN(C(=O)c1ccc(C(=O)c2cc[nH]c2)cc1)C1CC2CCC(C1)N2. The van der Waals surface area contributed by atoms with Gasteiger partial charge in [0.2, 0.25) is 0 Å². The van der Waals surface area contributed by atoms with Crippen LogP contribution in [0.4, 0.5) is 0 Å². The molecule has 2 aliphatic heterocycles. The zero-order valence-electron chi connectivity index (χ0n) is 14.4. The van der Waals surface area contributed by atoms with E-state index in [4.69, 9.17) is 0 Å². The van der Waals surface area contributed by atoms with Crippen molar-refractivity contribution in [2.24, 2.45) is 0 Å². The number of H-pyrrole nitrogens is 1. The van der Waals surface area contributed by atoms with Gasteiger partial charge in [-0.1, -0.05) is 12.1 Å². The number of hydrogen-bond acceptors (Lipinski definition) is 3. The van der Waals surface area contributed by atoms with Gasteiger partial charge < -0.3 is 15.2 Å². The Kier molecular flexibility index (Phi) is 4.17. The van der Waals surface area contributed by atoms with Crippen molar-refractivity contribution in [2.45, 2.75) is 43.8 Å². The van der Waals surface area contributed by atoms with Crippen molar-refractivity contribution < 1.29 is 9.59 Å². The summed E-state index contributed by atoms with van der Waals surface area (Å²) in [5.74, 6) is -0.00419. The topological polar surface area (TPSA) is 65.2 Å². The largest absolute Gasteiger partial charge is 0.367 e. The summed E-state index contributed by atoms with van der Waals surface area (Å²) in [4.78, 5) is 29.9. The molecule has 3 heterocycles. The molecule has 0 saturated carbocycles. The van der Waals surface area contributed by atoms with E-state index in [0.717, 1.165) is 12.8 Å². The molecule has 1 amide bonds. The number of aromatic amines is 1. The van der Waals surface area contributed by atoms with Crippen LogP contribution < -0.4 is 5.32 Å². The molecule has 2 atom stereocenters. The lowest BCUT2D eigenvalue weighted by Crippen LogP contribution is -2.48. The van der Waals surface area contributed by atoms with Crippen molar-refractivity contribution in [3.05, 3.63) is 59.4 Å². The first-order valence-corrected chi connectivity index (χ1v) is 8.92. The predicted octanol–water partition coefficient (Wildman–Crippen LogP) is 2.60. The van der Waals surface area contributed by atoms with Crippen LogP contribution in [0.5, 0.6) is 0 Å². The Balaban J connectivity index is 1.46. The van der Waals surface area contributed by atoms with Crippen LogP contribution in [0, 0.1) is 0 Å². The Morgan fingerprint density at radius 1 is 0.960 bits per heavy atom. The van der Waals surface area contributed by atoms with Gasteiger partial charge >= 0.3 is 0 Å². The van der Waals surface area contributed by atoms with Gasteiger partial charge in [-0.2, -0.15) is 0 Å². The lowest BCUT2D eigenvalue weighted by Gasteiger charge is -2.35. The Morgan fingerprint density at radius 3 is 2.20 bits per heavy atom. The molecule has 0 aliphatic carbocycles. The molecule has 0 spiro atoms. The van der Waals surface area contributed by atoms with Crippen molar-refractivity contribution in [3.63, 3.8) is 0 Å². The highest BCUT2D eigenvalue weighted by molar-refractivity contribution is 6.09. The zero-order valence-corrected chi connectivity index (χ0v) is 14.4. The van der Waals surface area contributed by atoms with E-state index in [9.17, 15) is 9.59 Å². The third-order valence-corrected chi connectivity index (χ3v) is 5.57. The van der Waals surface area contributed by atoms with E-state index in [2.05, 4.69) is 10.3 Å².